The summed E-state index contributed by atoms with van der Waals surface area (Å²) in [6.45, 7) is 1.05. The maximum Gasteiger partial charge on any atom is 0.326 e. The summed E-state index contributed by atoms with van der Waals surface area (Å²) in [7, 11) is -3.58. The fourth-order valence-electron chi connectivity index (χ4n) is 1.44. The largest absolute Gasteiger partial charge is 0.480 e. The Hall–Kier alpha value is -0.840. The molecule has 0 aromatic heterocycles. The molecule has 0 spiro atoms. The van der Waals surface area contributed by atoms with E-state index in [1.54, 1.807) is 0 Å². The van der Waals surface area contributed by atoms with Crippen molar-refractivity contribution in [2.45, 2.75) is 31.8 Å². The molecule has 1 unspecified atom stereocenters. The molecule has 0 aromatic carbocycles. The molecule has 4 N–H and O–H groups in total. The van der Waals surface area contributed by atoms with Crippen LogP contribution in [0.2, 0.25) is 0 Å². The summed E-state index contributed by atoms with van der Waals surface area (Å²) in [5.74, 6) is -1.61. The summed E-state index contributed by atoms with van der Waals surface area (Å²) in [5.41, 5.74) is 0. The Morgan fingerprint density at radius 2 is 1.86 bits per heavy atom. The van der Waals surface area contributed by atoms with Gasteiger partial charge in [0, 0.05) is 13.0 Å². The molecular formula is C11H22N2O6S2. The summed E-state index contributed by atoms with van der Waals surface area (Å²) in [6, 6.07) is -2.27. The van der Waals surface area contributed by atoms with Gasteiger partial charge in [0.25, 0.3) is 0 Å². The van der Waals surface area contributed by atoms with Crippen molar-refractivity contribution in [3.63, 3.8) is 0 Å². The number of aliphatic hydroxyl groups is 1. The number of hydrogen-bond acceptors (Lipinski definition) is 6. The van der Waals surface area contributed by atoms with Gasteiger partial charge in [-0.15, -0.1) is 0 Å². The third-order valence-corrected chi connectivity index (χ3v) is 4.71. The molecule has 1 amide bonds. The topological polar surface area (TPSA) is 133 Å². The number of hydrogen-bond donors (Lipinski definition) is 4. The van der Waals surface area contributed by atoms with Crippen LogP contribution in [-0.4, -0.2) is 67.0 Å². The number of rotatable bonds is 11. The van der Waals surface area contributed by atoms with Crippen LogP contribution in [0.25, 0.3) is 0 Å². The highest BCUT2D eigenvalue weighted by Gasteiger charge is 2.27. The van der Waals surface area contributed by atoms with Crippen LogP contribution >= 0.6 is 11.8 Å². The molecule has 0 aromatic rings. The van der Waals surface area contributed by atoms with Gasteiger partial charge in [-0.25, -0.2) is 17.9 Å². The fourth-order valence-corrected chi connectivity index (χ4v) is 2.73. The Labute approximate surface area is 128 Å². The van der Waals surface area contributed by atoms with Crippen molar-refractivity contribution in [2.75, 3.05) is 24.4 Å². The Balaban J connectivity index is 4.88. The van der Waals surface area contributed by atoms with Crippen LogP contribution < -0.4 is 10.0 Å². The first-order chi connectivity index (χ1) is 9.77. The van der Waals surface area contributed by atoms with Crippen molar-refractivity contribution in [1.29, 1.82) is 0 Å². The van der Waals surface area contributed by atoms with E-state index in [0.29, 0.717) is 5.75 Å². The molecular weight excluding hydrogens is 320 g/mol. The summed E-state index contributed by atoms with van der Waals surface area (Å²) >= 11 is 1.45. The van der Waals surface area contributed by atoms with Crippen molar-refractivity contribution in [2.24, 2.45) is 0 Å². The first-order valence-corrected chi connectivity index (χ1v) is 9.45. The number of carbonyl (C=O) groups is 2. The lowest BCUT2D eigenvalue weighted by Gasteiger charge is -2.20. The highest BCUT2D eigenvalue weighted by atomic mass is 32.2. The molecule has 0 saturated heterocycles. The summed E-state index contributed by atoms with van der Waals surface area (Å²) < 4.78 is 25.4. The fraction of sp³-hybridized carbons (Fsp3) is 0.818. The lowest BCUT2D eigenvalue weighted by molar-refractivity contribution is -0.142. The zero-order valence-corrected chi connectivity index (χ0v) is 13.7. The van der Waals surface area contributed by atoms with E-state index in [9.17, 15) is 18.0 Å². The van der Waals surface area contributed by atoms with Crippen LogP contribution in [0.3, 0.4) is 0 Å². The minimum absolute atomic E-state index is 0.142. The Morgan fingerprint density at radius 3 is 2.29 bits per heavy atom. The minimum atomic E-state index is -3.58. The van der Waals surface area contributed by atoms with Gasteiger partial charge in [0.2, 0.25) is 15.9 Å². The summed E-state index contributed by atoms with van der Waals surface area (Å²) in [5, 5.41) is 19.9. The smallest absolute Gasteiger partial charge is 0.326 e. The van der Waals surface area contributed by atoms with E-state index >= 15 is 0 Å². The van der Waals surface area contributed by atoms with E-state index in [4.69, 9.17) is 10.2 Å². The second-order valence-corrected chi connectivity index (χ2v) is 7.30. The highest BCUT2D eigenvalue weighted by Crippen LogP contribution is 2.04. The molecule has 0 aliphatic heterocycles. The predicted octanol–water partition coefficient (Wildman–Crippen LogP) is -1.00. The summed E-state index contributed by atoms with van der Waals surface area (Å²) in [4.78, 5) is 23.0. The number of sulfonamides is 1. The van der Waals surface area contributed by atoms with Crippen molar-refractivity contribution < 1.29 is 28.2 Å². The number of aliphatic carboxylic acids is 1. The van der Waals surface area contributed by atoms with Crippen LogP contribution in [0.15, 0.2) is 0 Å². The number of carbonyl (C=O) groups excluding carboxylic acids is 1. The predicted molar refractivity (Wildman–Crippen MR) is 80.7 cm³/mol. The maximum atomic E-state index is 12.0. The SMILES string of the molecule is CCS(=O)(=O)NC(CCSC)C(=O)N[C@@H](CCO)C(=O)O. The first kappa shape index (κ1) is 20.2. The Bertz CT molecular complexity index is 440. The van der Waals surface area contributed by atoms with Gasteiger partial charge in [-0.1, -0.05) is 0 Å². The van der Waals surface area contributed by atoms with Crippen molar-refractivity contribution in [3.8, 4) is 0 Å². The number of amides is 1. The van der Waals surface area contributed by atoms with E-state index in [-0.39, 0.29) is 18.6 Å². The molecule has 0 radical (unpaired) electrons. The maximum absolute atomic E-state index is 12.0. The number of aliphatic hydroxyl groups excluding tert-OH is 1. The van der Waals surface area contributed by atoms with Crippen molar-refractivity contribution in [3.05, 3.63) is 0 Å². The molecule has 0 heterocycles. The summed E-state index contributed by atoms with van der Waals surface area (Å²) in [6.07, 6.45) is 1.92. The quantitative estimate of drug-likeness (QED) is 0.378. The van der Waals surface area contributed by atoms with Crippen LogP contribution in [0.1, 0.15) is 19.8 Å². The van der Waals surface area contributed by atoms with Crippen molar-refractivity contribution >= 4 is 33.7 Å². The molecule has 0 bridgehead atoms. The van der Waals surface area contributed by atoms with Crippen LogP contribution in [0.4, 0.5) is 0 Å². The van der Waals surface area contributed by atoms with Crippen LogP contribution in [0, 0.1) is 0 Å². The average molecular weight is 342 g/mol. The Kier molecular flexibility index (Phi) is 9.58. The second kappa shape index (κ2) is 9.98. The van der Waals surface area contributed by atoms with Gasteiger partial charge in [-0.05, 0) is 25.4 Å². The van der Waals surface area contributed by atoms with E-state index in [0.717, 1.165) is 0 Å². The first-order valence-electron chi connectivity index (χ1n) is 6.40. The molecule has 124 valence electrons. The van der Waals surface area contributed by atoms with E-state index in [1.165, 1.54) is 18.7 Å². The van der Waals surface area contributed by atoms with Gasteiger partial charge in [0.05, 0.1) is 5.75 Å². The second-order valence-electron chi connectivity index (χ2n) is 4.27. The van der Waals surface area contributed by atoms with Gasteiger partial charge in [-0.2, -0.15) is 11.8 Å². The molecule has 0 aliphatic rings. The van der Waals surface area contributed by atoms with E-state index in [2.05, 4.69) is 10.0 Å². The molecule has 0 saturated carbocycles. The van der Waals surface area contributed by atoms with Gasteiger partial charge >= 0.3 is 5.97 Å². The standard InChI is InChI=1S/C11H22N2O6S2/c1-3-21(18,19)13-8(5-7-20-2)10(15)12-9(4-6-14)11(16)17/h8-9,13-14H,3-7H2,1-2H3,(H,12,15)(H,16,17)/t8?,9-/m0/s1. The molecule has 0 fully saturated rings. The lowest BCUT2D eigenvalue weighted by atomic mass is 10.1. The average Bonchev–Trinajstić information content (AvgIpc) is 2.42. The monoisotopic (exact) mass is 342 g/mol. The number of nitrogens with one attached hydrogen (secondary N) is 2. The van der Waals surface area contributed by atoms with Gasteiger partial charge < -0.3 is 15.5 Å². The molecule has 8 nitrogen and oxygen atoms in total. The Morgan fingerprint density at radius 1 is 1.24 bits per heavy atom. The highest BCUT2D eigenvalue weighted by molar-refractivity contribution is 7.98. The third-order valence-electron chi connectivity index (χ3n) is 2.66. The van der Waals surface area contributed by atoms with Gasteiger partial charge in [-0.3, -0.25) is 4.79 Å². The minimum Gasteiger partial charge on any atom is -0.480 e. The molecule has 10 heteroatoms. The van der Waals surface area contributed by atoms with E-state index < -0.39 is 40.6 Å². The normalized spacial score (nSPS) is 14.4. The van der Waals surface area contributed by atoms with E-state index in [1.807, 2.05) is 6.26 Å². The van der Waals surface area contributed by atoms with Crippen molar-refractivity contribution in [1.82, 2.24) is 10.0 Å². The van der Waals surface area contributed by atoms with Crippen LogP contribution in [0.5, 0.6) is 0 Å². The lowest BCUT2D eigenvalue weighted by Crippen LogP contribution is -2.52. The van der Waals surface area contributed by atoms with Gasteiger partial charge in [0.1, 0.15) is 12.1 Å². The molecule has 2 atom stereocenters. The number of carboxylic acid groups (broad SMARTS) is 1. The zero-order valence-electron chi connectivity index (χ0n) is 12.0. The zero-order chi connectivity index (χ0) is 16.5. The number of carboxylic acids is 1. The molecule has 0 aliphatic carbocycles. The van der Waals surface area contributed by atoms with Gasteiger partial charge in [0.15, 0.2) is 0 Å². The van der Waals surface area contributed by atoms with Crippen LogP contribution in [-0.2, 0) is 19.6 Å². The number of thioether (sulfide) groups is 1. The molecule has 21 heavy (non-hydrogen) atoms. The molecule has 0 rings (SSSR count). The third kappa shape index (κ3) is 8.24.